The number of halogens is 1. The minimum atomic E-state index is 0.264. The SMILES string of the molecule is CCCCCC(Cl)N(C)C1CCCCC1. The van der Waals surface area contributed by atoms with Gasteiger partial charge in [-0.25, -0.2) is 0 Å². The van der Waals surface area contributed by atoms with E-state index in [2.05, 4.69) is 18.9 Å². The Labute approximate surface area is 100 Å². The highest BCUT2D eigenvalue weighted by Crippen LogP contribution is 2.25. The second-order valence-electron chi connectivity index (χ2n) is 4.89. The number of rotatable bonds is 6. The Morgan fingerprint density at radius 3 is 2.47 bits per heavy atom. The molecule has 90 valence electrons. The van der Waals surface area contributed by atoms with Gasteiger partial charge in [0.05, 0.1) is 5.50 Å². The predicted molar refractivity (Wildman–Crippen MR) is 68.4 cm³/mol. The zero-order valence-corrected chi connectivity index (χ0v) is 11.1. The summed E-state index contributed by atoms with van der Waals surface area (Å²) in [5, 5.41) is 0. The van der Waals surface area contributed by atoms with Gasteiger partial charge < -0.3 is 0 Å². The van der Waals surface area contributed by atoms with E-state index in [0.29, 0.717) is 0 Å². The lowest BCUT2D eigenvalue weighted by Gasteiger charge is -2.34. The Bertz CT molecular complexity index is 155. The largest absolute Gasteiger partial charge is 0.288 e. The van der Waals surface area contributed by atoms with Crippen molar-refractivity contribution in [1.82, 2.24) is 4.90 Å². The highest BCUT2D eigenvalue weighted by atomic mass is 35.5. The van der Waals surface area contributed by atoms with E-state index in [0.717, 1.165) is 12.5 Å². The predicted octanol–water partition coefficient (Wildman–Crippen LogP) is 4.40. The average molecular weight is 232 g/mol. The summed E-state index contributed by atoms with van der Waals surface area (Å²) >= 11 is 6.43. The molecule has 1 saturated carbocycles. The summed E-state index contributed by atoms with van der Waals surface area (Å²) in [6, 6.07) is 0.753. The van der Waals surface area contributed by atoms with Crippen molar-refractivity contribution in [3.8, 4) is 0 Å². The molecule has 0 aliphatic heterocycles. The second kappa shape index (κ2) is 7.51. The van der Waals surface area contributed by atoms with E-state index in [-0.39, 0.29) is 5.50 Å². The van der Waals surface area contributed by atoms with Crippen molar-refractivity contribution in [2.24, 2.45) is 0 Å². The van der Waals surface area contributed by atoms with Crippen LogP contribution in [0.4, 0.5) is 0 Å². The number of hydrogen-bond donors (Lipinski definition) is 0. The Kier molecular flexibility index (Phi) is 6.67. The van der Waals surface area contributed by atoms with Crippen LogP contribution in [0.1, 0.15) is 64.7 Å². The molecule has 1 unspecified atom stereocenters. The maximum atomic E-state index is 6.43. The quantitative estimate of drug-likeness (QED) is 0.372. The van der Waals surface area contributed by atoms with Gasteiger partial charge in [0, 0.05) is 6.04 Å². The summed E-state index contributed by atoms with van der Waals surface area (Å²) < 4.78 is 0. The van der Waals surface area contributed by atoms with Crippen LogP contribution in [0.3, 0.4) is 0 Å². The molecular formula is C13H26ClN. The van der Waals surface area contributed by atoms with Crippen LogP contribution in [0.5, 0.6) is 0 Å². The van der Waals surface area contributed by atoms with Gasteiger partial charge in [0.15, 0.2) is 0 Å². The van der Waals surface area contributed by atoms with Crippen molar-refractivity contribution in [2.45, 2.75) is 76.3 Å². The van der Waals surface area contributed by atoms with Gasteiger partial charge in [-0.3, -0.25) is 4.90 Å². The van der Waals surface area contributed by atoms with Gasteiger partial charge in [-0.1, -0.05) is 45.4 Å². The lowest BCUT2D eigenvalue weighted by molar-refractivity contribution is 0.169. The van der Waals surface area contributed by atoms with Gasteiger partial charge in [-0.15, -0.1) is 11.6 Å². The molecule has 1 aliphatic carbocycles. The summed E-state index contributed by atoms with van der Waals surface area (Å²) in [4.78, 5) is 2.41. The van der Waals surface area contributed by atoms with E-state index in [1.165, 1.54) is 51.4 Å². The van der Waals surface area contributed by atoms with Crippen LogP contribution in [-0.4, -0.2) is 23.5 Å². The van der Waals surface area contributed by atoms with E-state index >= 15 is 0 Å². The van der Waals surface area contributed by atoms with Crippen LogP contribution in [0.2, 0.25) is 0 Å². The molecule has 15 heavy (non-hydrogen) atoms. The van der Waals surface area contributed by atoms with Crippen molar-refractivity contribution < 1.29 is 0 Å². The highest BCUT2D eigenvalue weighted by molar-refractivity contribution is 6.20. The normalized spacial score (nSPS) is 20.8. The standard InChI is InChI=1S/C13H26ClN/c1-3-4-6-11-13(14)15(2)12-9-7-5-8-10-12/h12-13H,3-11H2,1-2H3. The monoisotopic (exact) mass is 231 g/mol. The van der Waals surface area contributed by atoms with Gasteiger partial charge in [-0.05, 0) is 26.3 Å². The van der Waals surface area contributed by atoms with Crippen LogP contribution >= 0.6 is 11.6 Å². The number of unbranched alkanes of at least 4 members (excludes halogenated alkanes) is 2. The van der Waals surface area contributed by atoms with Gasteiger partial charge >= 0.3 is 0 Å². The summed E-state index contributed by atoms with van der Waals surface area (Å²) in [6.45, 7) is 2.24. The third-order valence-corrected chi connectivity index (χ3v) is 4.16. The molecule has 0 amide bonds. The fourth-order valence-corrected chi connectivity index (χ4v) is 2.80. The molecule has 0 aromatic rings. The highest BCUT2D eigenvalue weighted by Gasteiger charge is 2.22. The first-order chi connectivity index (χ1) is 7.25. The molecule has 1 fully saturated rings. The minimum Gasteiger partial charge on any atom is -0.288 e. The maximum absolute atomic E-state index is 6.43. The van der Waals surface area contributed by atoms with E-state index in [4.69, 9.17) is 11.6 Å². The topological polar surface area (TPSA) is 3.24 Å². The minimum absolute atomic E-state index is 0.264. The van der Waals surface area contributed by atoms with Gasteiger partial charge in [-0.2, -0.15) is 0 Å². The van der Waals surface area contributed by atoms with E-state index in [9.17, 15) is 0 Å². The molecule has 0 saturated heterocycles. The molecule has 1 rings (SSSR count). The molecule has 0 aromatic carbocycles. The van der Waals surface area contributed by atoms with Gasteiger partial charge in [0.1, 0.15) is 0 Å². The lowest BCUT2D eigenvalue weighted by Crippen LogP contribution is -2.38. The Morgan fingerprint density at radius 2 is 1.87 bits per heavy atom. The van der Waals surface area contributed by atoms with E-state index in [1.807, 2.05) is 0 Å². The number of nitrogens with zero attached hydrogens (tertiary/aromatic N) is 1. The first kappa shape index (κ1) is 13.3. The Morgan fingerprint density at radius 1 is 1.20 bits per heavy atom. The van der Waals surface area contributed by atoms with Crippen molar-refractivity contribution in [1.29, 1.82) is 0 Å². The van der Waals surface area contributed by atoms with E-state index < -0.39 is 0 Å². The summed E-state index contributed by atoms with van der Waals surface area (Å²) in [5.74, 6) is 0. The summed E-state index contributed by atoms with van der Waals surface area (Å²) in [6.07, 6.45) is 12.0. The Balaban J connectivity index is 2.21. The average Bonchev–Trinajstić information content (AvgIpc) is 2.29. The number of hydrogen-bond acceptors (Lipinski definition) is 1. The first-order valence-corrected chi connectivity index (χ1v) is 7.05. The van der Waals surface area contributed by atoms with E-state index in [1.54, 1.807) is 0 Å². The molecule has 0 heterocycles. The van der Waals surface area contributed by atoms with Gasteiger partial charge in [0.2, 0.25) is 0 Å². The zero-order valence-electron chi connectivity index (χ0n) is 10.3. The lowest BCUT2D eigenvalue weighted by atomic mass is 9.94. The van der Waals surface area contributed by atoms with Crippen molar-refractivity contribution >= 4 is 11.6 Å². The maximum Gasteiger partial charge on any atom is 0.0850 e. The molecular weight excluding hydrogens is 206 g/mol. The summed E-state index contributed by atoms with van der Waals surface area (Å²) in [5.41, 5.74) is 0.264. The number of alkyl halides is 1. The molecule has 0 aromatic heterocycles. The first-order valence-electron chi connectivity index (χ1n) is 6.61. The molecule has 1 atom stereocenters. The summed E-state index contributed by atoms with van der Waals surface area (Å²) in [7, 11) is 2.21. The van der Waals surface area contributed by atoms with Crippen molar-refractivity contribution in [3.63, 3.8) is 0 Å². The van der Waals surface area contributed by atoms with Crippen LogP contribution in [0, 0.1) is 0 Å². The van der Waals surface area contributed by atoms with Crippen LogP contribution < -0.4 is 0 Å². The molecule has 1 nitrogen and oxygen atoms in total. The van der Waals surface area contributed by atoms with Gasteiger partial charge in [0.25, 0.3) is 0 Å². The van der Waals surface area contributed by atoms with Crippen LogP contribution in [-0.2, 0) is 0 Å². The third-order valence-electron chi connectivity index (χ3n) is 3.64. The fraction of sp³-hybridized carbons (Fsp3) is 1.00. The molecule has 0 spiro atoms. The fourth-order valence-electron chi connectivity index (χ4n) is 2.48. The van der Waals surface area contributed by atoms with Crippen LogP contribution in [0.25, 0.3) is 0 Å². The molecule has 0 radical (unpaired) electrons. The van der Waals surface area contributed by atoms with Crippen molar-refractivity contribution in [2.75, 3.05) is 7.05 Å². The van der Waals surface area contributed by atoms with Crippen molar-refractivity contribution in [3.05, 3.63) is 0 Å². The van der Waals surface area contributed by atoms with Crippen LogP contribution in [0.15, 0.2) is 0 Å². The zero-order chi connectivity index (χ0) is 11.1. The smallest absolute Gasteiger partial charge is 0.0850 e. The molecule has 0 bridgehead atoms. The molecule has 2 heteroatoms. The second-order valence-corrected chi connectivity index (χ2v) is 5.39. The molecule has 0 N–H and O–H groups in total. The Hall–Kier alpha value is 0.250. The molecule has 1 aliphatic rings. The third kappa shape index (κ3) is 4.74.